The van der Waals surface area contributed by atoms with Gasteiger partial charge < -0.3 is 4.57 Å². The SMILES string of the molecule is CCCC1CC=C(C(=O)c2cc3ccsc3n2C)c2ccccc2C1C. The van der Waals surface area contributed by atoms with E-state index in [1.54, 1.807) is 11.3 Å². The van der Waals surface area contributed by atoms with Gasteiger partial charge in [-0.15, -0.1) is 11.3 Å². The summed E-state index contributed by atoms with van der Waals surface area (Å²) in [6.07, 6.45) is 5.56. The van der Waals surface area contributed by atoms with Crippen molar-refractivity contribution in [3.05, 3.63) is 64.7 Å². The molecular formula is C23H25NOS. The highest BCUT2D eigenvalue weighted by molar-refractivity contribution is 7.16. The number of thiophene rings is 1. The van der Waals surface area contributed by atoms with Gasteiger partial charge in [0.2, 0.25) is 5.78 Å². The Bertz CT molecular complexity index is 991. The molecule has 134 valence electrons. The van der Waals surface area contributed by atoms with Crippen LogP contribution in [0.2, 0.25) is 0 Å². The Morgan fingerprint density at radius 2 is 2.08 bits per heavy atom. The first kappa shape index (κ1) is 17.3. The number of benzene rings is 1. The molecule has 0 saturated carbocycles. The quantitative estimate of drug-likeness (QED) is 0.490. The number of hydrogen-bond acceptors (Lipinski definition) is 2. The summed E-state index contributed by atoms with van der Waals surface area (Å²) in [6, 6.07) is 12.6. The van der Waals surface area contributed by atoms with Crippen LogP contribution in [0.25, 0.3) is 15.8 Å². The average molecular weight is 364 g/mol. The van der Waals surface area contributed by atoms with Crippen LogP contribution >= 0.6 is 11.3 Å². The van der Waals surface area contributed by atoms with Crippen molar-refractivity contribution in [3.8, 4) is 0 Å². The number of allylic oxidation sites excluding steroid dienone is 2. The second-order valence-electron chi connectivity index (χ2n) is 7.38. The fraction of sp³-hybridized carbons (Fsp3) is 0.348. The molecular weight excluding hydrogens is 338 g/mol. The number of aryl methyl sites for hydroxylation is 1. The predicted molar refractivity (Wildman–Crippen MR) is 111 cm³/mol. The van der Waals surface area contributed by atoms with Gasteiger partial charge in [-0.25, -0.2) is 0 Å². The molecule has 0 amide bonds. The van der Waals surface area contributed by atoms with Crippen LogP contribution in [-0.2, 0) is 7.05 Å². The maximum Gasteiger partial charge on any atom is 0.209 e. The van der Waals surface area contributed by atoms with Crippen LogP contribution in [-0.4, -0.2) is 10.4 Å². The molecule has 2 heterocycles. The van der Waals surface area contributed by atoms with Gasteiger partial charge in [0.1, 0.15) is 4.83 Å². The number of rotatable bonds is 4. The van der Waals surface area contributed by atoms with Gasteiger partial charge >= 0.3 is 0 Å². The van der Waals surface area contributed by atoms with Crippen LogP contribution in [0.4, 0.5) is 0 Å². The van der Waals surface area contributed by atoms with Crippen molar-refractivity contribution in [1.29, 1.82) is 0 Å². The van der Waals surface area contributed by atoms with E-state index >= 15 is 0 Å². The number of ketones is 1. The van der Waals surface area contributed by atoms with Gasteiger partial charge in [-0.3, -0.25) is 4.79 Å². The maximum atomic E-state index is 13.5. The van der Waals surface area contributed by atoms with Gasteiger partial charge in [-0.1, -0.05) is 50.6 Å². The first-order valence-electron chi connectivity index (χ1n) is 9.48. The molecule has 3 aromatic rings. The van der Waals surface area contributed by atoms with Crippen molar-refractivity contribution in [2.24, 2.45) is 13.0 Å². The van der Waals surface area contributed by atoms with Gasteiger partial charge in [0.05, 0.1) is 5.69 Å². The standard InChI is InChI=1S/C23H25NOS/c1-4-7-16-10-11-20(19-9-6-5-8-18(19)15(16)2)22(25)21-14-17-12-13-26-23(17)24(21)3/h5-6,8-9,11-16H,4,7,10H2,1-3H3. The molecule has 0 fully saturated rings. The Morgan fingerprint density at radius 1 is 1.27 bits per heavy atom. The van der Waals surface area contributed by atoms with Gasteiger partial charge in [0.25, 0.3) is 0 Å². The van der Waals surface area contributed by atoms with E-state index in [1.165, 1.54) is 18.4 Å². The second-order valence-corrected chi connectivity index (χ2v) is 8.27. The Labute approximate surface area is 159 Å². The molecule has 0 bridgehead atoms. The van der Waals surface area contributed by atoms with E-state index in [1.807, 2.05) is 17.7 Å². The zero-order valence-electron chi connectivity index (χ0n) is 15.7. The minimum atomic E-state index is 0.146. The van der Waals surface area contributed by atoms with Crippen molar-refractivity contribution >= 4 is 32.9 Å². The Hall–Kier alpha value is -2.13. The van der Waals surface area contributed by atoms with E-state index in [0.717, 1.165) is 33.5 Å². The van der Waals surface area contributed by atoms with Crippen molar-refractivity contribution in [2.45, 2.75) is 39.0 Å². The van der Waals surface area contributed by atoms with Crippen molar-refractivity contribution in [1.82, 2.24) is 4.57 Å². The van der Waals surface area contributed by atoms with E-state index in [9.17, 15) is 4.79 Å². The smallest absolute Gasteiger partial charge is 0.209 e. The van der Waals surface area contributed by atoms with Gasteiger partial charge in [-0.2, -0.15) is 0 Å². The molecule has 0 saturated heterocycles. The third kappa shape index (κ3) is 2.75. The van der Waals surface area contributed by atoms with Gasteiger partial charge in [-0.05, 0) is 53.3 Å². The normalized spacial score (nSPS) is 19.9. The number of nitrogens with zero attached hydrogens (tertiary/aromatic N) is 1. The lowest BCUT2D eigenvalue weighted by molar-refractivity contribution is 0.104. The fourth-order valence-electron chi connectivity index (χ4n) is 4.33. The Balaban J connectivity index is 1.81. The van der Waals surface area contributed by atoms with E-state index < -0.39 is 0 Å². The first-order valence-corrected chi connectivity index (χ1v) is 10.4. The zero-order chi connectivity index (χ0) is 18.3. The van der Waals surface area contributed by atoms with Crippen LogP contribution in [0.5, 0.6) is 0 Å². The van der Waals surface area contributed by atoms with Crippen LogP contribution in [0.1, 0.15) is 60.6 Å². The minimum absolute atomic E-state index is 0.146. The summed E-state index contributed by atoms with van der Waals surface area (Å²) < 4.78 is 2.05. The molecule has 1 aliphatic carbocycles. The van der Waals surface area contributed by atoms with E-state index in [4.69, 9.17) is 0 Å². The number of fused-ring (bicyclic) bond motifs is 2. The largest absolute Gasteiger partial charge is 0.333 e. The highest BCUT2D eigenvalue weighted by Gasteiger charge is 2.28. The molecule has 2 unspecified atom stereocenters. The third-order valence-electron chi connectivity index (χ3n) is 5.84. The molecule has 3 heteroatoms. The molecule has 2 nitrogen and oxygen atoms in total. The van der Waals surface area contributed by atoms with Crippen molar-refractivity contribution in [3.63, 3.8) is 0 Å². The highest BCUT2D eigenvalue weighted by Crippen LogP contribution is 2.40. The maximum absolute atomic E-state index is 13.5. The minimum Gasteiger partial charge on any atom is -0.333 e. The van der Waals surface area contributed by atoms with Gasteiger partial charge in [0, 0.05) is 18.0 Å². The highest BCUT2D eigenvalue weighted by atomic mass is 32.1. The van der Waals surface area contributed by atoms with Crippen LogP contribution in [0.15, 0.2) is 47.9 Å². The second kappa shape index (κ2) is 6.88. The summed E-state index contributed by atoms with van der Waals surface area (Å²) in [6.45, 7) is 4.56. The topological polar surface area (TPSA) is 22.0 Å². The first-order chi connectivity index (χ1) is 12.6. The summed E-state index contributed by atoms with van der Waals surface area (Å²) in [5.74, 6) is 1.22. The zero-order valence-corrected chi connectivity index (χ0v) is 16.5. The van der Waals surface area contributed by atoms with Crippen molar-refractivity contribution in [2.75, 3.05) is 0 Å². The Kier molecular flexibility index (Phi) is 4.58. The molecule has 0 spiro atoms. The average Bonchev–Trinajstić information content (AvgIpc) is 3.20. The predicted octanol–water partition coefficient (Wildman–Crippen LogP) is 6.43. The molecule has 1 aliphatic rings. The summed E-state index contributed by atoms with van der Waals surface area (Å²) in [5, 5.41) is 3.23. The Morgan fingerprint density at radius 3 is 2.85 bits per heavy atom. The number of carbonyl (C=O) groups excluding carboxylic acids is 1. The molecule has 4 rings (SSSR count). The van der Waals surface area contributed by atoms with Crippen LogP contribution < -0.4 is 0 Å². The summed E-state index contributed by atoms with van der Waals surface area (Å²) in [7, 11) is 2.00. The summed E-state index contributed by atoms with van der Waals surface area (Å²) >= 11 is 1.69. The summed E-state index contributed by atoms with van der Waals surface area (Å²) in [5.41, 5.74) is 4.10. The molecule has 26 heavy (non-hydrogen) atoms. The lowest BCUT2D eigenvalue weighted by atomic mass is 9.82. The lowest BCUT2D eigenvalue weighted by Crippen LogP contribution is -2.10. The molecule has 2 aromatic heterocycles. The van der Waals surface area contributed by atoms with Gasteiger partial charge in [0.15, 0.2) is 0 Å². The molecule has 0 N–H and O–H groups in total. The molecule has 0 radical (unpaired) electrons. The molecule has 1 aromatic carbocycles. The summed E-state index contributed by atoms with van der Waals surface area (Å²) in [4.78, 5) is 14.7. The molecule has 0 aliphatic heterocycles. The number of Topliss-reactive ketones (excluding diaryl/α,β-unsaturated/α-hetero) is 1. The van der Waals surface area contributed by atoms with E-state index in [0.29, 0.717) is 11.8 Å². The molecule has 2 atom stereocenters. The van der Waals surface area contributed by atoms with Crippen LogP contribution in [0, 0.1) is 5.92 Å². The number of hydrogen-bond donors (Lipinski definition) is 0. The van der Waals surface area contributed by atoms with Crippen molar-refractivity contribution < 1.29 is 4.79 Å². The third-order valence-corrected chi connectivity index (χ3v) is 6.85. The number of aromatic nitrogens is 1. The van der Waals surface area contributed by atoms with E-state index in [-0.39, 0.29) is 5.78 Å². The number of carbonyl (C=O) groups is 1. The lowest BCUT2D eigenvalue weighted by Gasteiger charge is -2.22. The van der Waals surface area contributed by atoms with Crippen LogP contribution in [0.3, 0.4) is 0 Å². The van der Waals surface area contributed by atoms with E-state index in [2.05, 4.69) is 55.6 Å². The monoisotopic (exact) mass is 363 g/mol. The fourth-order valence-corrected chi connectivity index (χ4v) is 5.20.